The molecule has 0 saturated heterocycles. The van der Waals surface area contributed by atoms with Gasteiger partial charge in [0.25, 0.3) is 0 Å². The second-order valence-electron chi connectivity index (χ2n) is 3.95. The van der Waals surface area contributed by atoms with Gasteiger partial charge in [0.05, 0.1) is 6.10 Å². The Labute approximate surface area is 107 Å². The van der Waals surface area contributed by atoms with Crippen molar-refractivity contribution >= 4 is 27.9 Å². The van der Waals surface area contributed by atoms with Crippen LogP contribution in [0.25, 0.3) is 0 Å². The summed E-state index contributed by atoms with van der Waals surface area (Å²) in [4.78, 5) is 11.1. The number of nitrogens with one attached hydrogen (secondary N) is 1. The standard InChI is InChI=1S/C9H19ClN2O4S/c1-7(2)16-9(13)11-17(14,15)12(4)6-5-8(3)10/h7-8H,5-6H2,1-4H3,(H,11,13). The quantitative estimate of drug-likeness (QED) is 0.747. The van der Waals surface area contributed by atoms with Crippen LogP contribution in [0.15, 0.2) is 0 Å². The zero-order chi connectivity index (χ0) is 13.6. The number of rotatable bonds is 6. The number of amides is 1. The fourth-order valence-electron chi connectivity index (χ4n) is 0.901. The first-order valence-corrected chi connectivity index (χ1v) is 7.11. The number of carbonyl (C=O) groups is 1. The highest BCUT2D eigenvalue weighted by atomic mass is 35.5. The minimum Gasteiger partial charge on any atom is -0.446 e. The van der Waals surface area contributed by atoms with E-state index in [9.17, 15) is 13.2 Å². The highest BCUT2D eigenvalue weighted by Crippen LogP contribution is 2.04. The molecule has 1 N–H and O–H groups in total. The molecule has 0 bridgehead atoms. The average Bonchev–Trinajstić information content (AvgIpc) is 2.11. The Morgan fingerprint density at radius 1 is 1.41 bits per heavy atom. The van der Waals surface area contributed by atoms with E-state index in [1.54, 1.807) is 25.5 Å². The van der Waals surface area contributed by atoms with Gasteiger partial charge < -0.3 is 4.74 Å². The van der Waals surface area contributed by atoms with Crippen molar-refractivity contribution in [3.05, 3.63) is 0 Å². The second-order valence-corrected chi connectivity index (χ2v) is 6.47. The lowest BCUT2D eigenvalue weighted by molar-refractivity contribution is 0.121. The summed E-state index contributed by atoms with van der Waals surface area (Å²) in [7, 11) is -2.49. The predicted octanol–water partition coefficient (Wildman–Crippen LogP) is 1.31. The smallest absolute Gasteiger partial charge is 0.422 e. The van der Waals surface area contributed by atoms with Crippen LogP contribution in [0, 0.1) is 0 Å². The molecular weight excluding hydrogens is 268 g/mol. The fourth-order valence-corrected chi connectivity index (χ4v) is 1.76. The molecule has 0 saturated carbocycles. The van der Waals surface area contributed by atoms with E-state index in [4.69, 9.17) is 11.6 Å². The molecule has 0 aromatic rings. The first-order chi connectivity index (χ1) is 7.65. The third-order valence-electron chi connectivity index (χ3n) is 1.81. The molecule has 0 aliphatic rings. The van der Waals surface area contributed by atoms with Crippen molar-refractivity contribution < 1.29 is 17.9 Å². The molecule has 1 atom stereocenters. The number of hydrogen-bond acceptors (Lipinski definition) is 4. The van der Waals surface area contributed by atoms with E-state index in [-0.39, 0.29) is 18.0 Å². The zero-order valence-electron chi connectivity index (χ0n) is 10.4. The van der Waals surface area contributed by atoms with Crippen LogP contribution in [0.1, 0.15) is 27.2 Å². The molecule has 0 rings (SSSR count). The molecule has 0 aliphatic heterocycles. The Hall–Kier alpha value is -0.530. The van der Waals surface area contributed by atoms with E-state index in [1.165, 1.54) is 7.05 Å². The van der Waals surface area contributed by atoms with Crippen molar-refractivity contribution in [1.29, 1.82) is 0 Å². The number of carbonyl (C=O) groups excluding carboxylic acids is 1. The molecule has 8 heteroatoms. The van der Waals surface area contributed by atoms with Crippen LogP contribution < -0.4 is 4.72 Å². The zero-order valence-corrected chi connectivity index (χ0v) is 12.0. The summed E-state index contributed by atoms with van der Waals surface area (Å²) in [6, 6.07) is 0. The average molecular weight is 287 g/mol. The molecule has 0 aromatic carbocycles. The van der Waals surface area contributed by atoms with Crippen LogP contribution >= 0.6 is 11.6 Å². The summed E-state index contributed by atoms with van der Waals surface area (Å²) in [5.41, 5.74) is 0. The van der Waals surface area contributed by atoms with E-state index >= 15 is 0 Å². The molecule has 1 amide bonds. The molecule has 102 valence electrons. The molecular formula is C9H19ClN2O4S. The minimum absolute atomic E-state index is 0.129. The van der Waals surface area contributed by atoms with Crippen LogP contribution in [0.3, 0.4) is 0 Å². The van der Waals surface area contributed by atoms with Gasteiger partial charge in [-0.15, -0.1) is 11.6 Å². The lowest BCUT2D eigenvalue weighted by atomic mass is 10.3. The highest BCUT2D eigenvalue weighted by Gasteiger charge is 2.21. The van der Waals surface area contributed by atoms with Crippen molar-refractivity contribution in [3.8, 4) is 0 Å². The SMILES string of the molecule is CC(Cl)CCN(C)S(=O)(=O)NC(=O)OC(C)C. The summed E-state index contributed by atoms with van der Waals surface area (Å²) in [6.07, 6.45) is -0.859. The number of alkyl halides is 1. The highest BCUT2D eigenvalue weighted by molar-refractivity contribution is 7.87. The van der Waals surface area contributed by atoms with Crippen LogP contribution in [0.2, 0.25) is 0 Å². The van der Waals surface area contributed by atoms with Crippen LogP contribution in [-0.2, 0) is 14.9 Å². The number of ether oxygens (including phenoxy) is 1. The molecule has 1 unspecified atom stereocenters. The number of nitrogens with zero attached hydrogens (tertiary/aromatic N) is 1. The third-order valence-corrected chi connectivity index (χ3v) is 3.45. The van der Waals surface area contributed by atoms with E-state index in [0.29, 0.717) is 6.42 Å². The van der Waals surface area contributed by atoms with Gasteiger partial charge in [-0.05, 0) is 27.2 Å². The van der Waals surface area contributed by atoms with Gasteiger partial charge in [-0.3, -0.25) is 0 Å². The number of hydrogen-bond donors (Lipinski definition) is 1. The molecule has 0 radical (unpaired) electrons. The van der Waals surface area contributed by atoms with E-state index in [0.717, 1.165) is 4.31 Å². The molecule has 0 fully saturated rings. The van der Waals surface area contributed by atoms with Gasteiger partial charge in [0.15, 0.2) is 0 Å². The Morgan fingerprint density at radius 3 is 2.35 bits per heavy atom. The van der Waals surface area contributed by atoms with Crippen LogP contribution in [-0.4, -0.2) is 43.9 Å². The molecule has 0 spiro atoms. The second kappa shape index (κ2) is 7.03. The van der Waals surface area contributed by atoms with E-state index in [2.05, 4.69) is 4.74 Å². The van der Waals surface area contributed by atoms with Crippen molar-refractivity contribution in [2.24, 2.45) is 0 Å². The van der Waals surface area contributed by atoms with Gasteiger partial charge in [0, 0.05) is 19.0 Å². The van der Waals surface area contributed by atoms with E-state index in [1.807, 2.05) is 0 Å². The van der Waals surface area contributed by atoms with Gasteiger partial charge >= 0.3 is 16.3 Å². The molecule has 6 nitrogen and oxygen atoms in total. The van der Waals surface area contributed by atoms with Crippen LogP contribution in [0.5, 0.6) is 0 Å². The fraction of sp³-hybridized carbons (Fsp3) is 0.889. The third kappa shape index (κ3) is 7.40. The monoisotopic (exact) mass is 286 g/mol. The van der Waals surface area contributed by atoms with Gasteiger partial charge in [-0.1, -0.05) is 0 Å². The van der Waals surface area contributed by atoms with Crippen molar-refractivity contribution in [1.82, 2.24) is 9.03 Å². The van der Waals surface area contributed by atoms with Gasteiger partial charge in [0.1, 0.15) is 0 Å². The first kappa shape index (κ1) is 16.5. The largest absolute Gasteiger partial charge is 0.446 e. The van der Waals surface area contributed by atoms with Crippen molar-refractivity contribution in [2.75, 3.05) is 13.6 Å². The van der Waals surface area contributed by atoms with E-state index < -0.39 is 16.3 Å². The van der Waals surface area contributed by atoms with Gasteiger partial charge in [0.2, 0.25) is 0 Å². The van der Waals surface area contributed by atoms with Crippen LogP contribution in [0.4, 0.5) is 4.79 Å². The van der Waals surface area contributed by atoms with Gasteiger partial charge in [-0.2, -0.15) is 12.7 Å². The maximum absolute atomic E-state index is 11.6. The summed E-state index contributed by atoms with van der Waals surface area (Å²) < 4.78 is 30.7. The van der Waals surface area contributed by atoms with Crippen molar-refractivity contribution in [2.45, 2.75) is 38.7 Å². The lowest BCUT2D eigenvalue weighted by Crippen LogP contribution is -2.42. The molecule has 17 heavy (non-hydrogen) atoms. The Bertz CT molecular complexity index is 343. The maximum atomic E-state index is 11.6. The normalized spacial score (nSPS) is 13.8. The lowest BCUT2D eigenvalue weighted by Gasteiger charge is -2.18. The summed E-state index contributed by atoms with van der Waals surface area (Å²) in [5, 5.41) is -0.129. The molecule has 0 heterocycles. The number of halogens is 1. The first-order valence-electron chi connectivity index (χ1n) is 5.24. The molecule has 0 aromatic heterocycles. The topological polar surface area (TPSA) is 75.7 Å². The van der Waals surface area contributed by atoms with Gasteiger partial charge in [-0.25, -0.2) is 9.52 Å². The van der Waals surface area contributed by atoms with Crippen molar-refractivity contribution in [3.63, 3.8) is 0 Å². The summed E-state index contributed by atoms with van der Waals surface area (Å²) >= 11 is 5.71. The molecule has 0 aliphatic carbocycles. The predicted molar refractivity (Wildman–Crippen MR) is 66.2 cm³/mol. The Kier molecular flexibility index (Phi) is 6.81. The minimum atomic E-state index is -3.85. The Morgan fingerprint density at radius 2 is 1.94 bits per heavy atom. The summed E-state index contributed by atoms with van der Waals surface area (Å²) in [6.45, 7) is 5.26. The Balaban J connectivity index is 4.32. The summed E-state index contributed by atoms with van der Waals surface area (Å²) in [5.74, 6) is 0. The maximum Gasteiger partial charge on any atom is 0.422 e.